The highest BCUT2D eigenvalue weighted by atomic mass is 79.9. The van der Waals surface area contributed by atoms with Gasteiger partial charge in [-0.05, 0) is 51.7 Å². The van der Waals surface area contributed by atoms with Gasteiger partial charge >= 0.3 is 0 Å². The van der Waals surface area contributed by atoms with Crippen LogP contribution < -0.4 is 5.56 Å². The van der Waals surface area contributed by atoms with Crippen LogP contribution in [0.5, 0.6) is 0 Å². The van der Waals surface area contributed by atoms with Gasteiger partial charge in [0, 0.05) is 23.0 Å². The lowest BCUT2D eigenvalue weighted by Crippen LogP contribution is -2.18. The second-order valence-electron chi connectivity index (χ2n) is 5.96. The Kier molecular flexibility index (Phi) is 4.84. The molecule has 0 aliphatic heterocycles. The maximum absolute atomic E-state index is 12.9. The van der Waals surface area contributed by atoms with Crippen LogP contribution in [0.25, 0.3) is 10.9 Å². The van der Waals surface area contributed by atoms with Crippen molar-refractivity contribution in [2.45, 2.75) is 24.0 Å². The first-order valence-corrected chi connectivity index (χ1v) is 10.4. The molecule has 25 heavy (non-hydrogen) atoms. The highest BCUT2D eigenvalue weighted by Gasteiger charge is 2.21. The molecule has 0 aliphatic rings. The molecule has 0 N–H and O–H groups in total. The maximum Gasteiger partial charge on any atom is 0.251 e. The van der Waals surface area contributed by atoms with Gasteiger partial charge in [-0.2, -0.15) is 0 Å². The molecule has 1 heterocycles. The number of pyridine rings is 1. The maximum atomic E-state index is 12.9. The van der Waals surface area contributed by atoms with E-state index in [1.807, 2.05) is 43.3 Å². The van der Waals surface area contributed by atoms with Crippen LogP contribution in [0.2, 0.25) is 0 Å². The van der Waals surface area contributed by atoms with Gasteiger partial charge in [-0.15, -0.1) is 0 Å². The molecule has 4 nitrogen and oxygen atoms in total. The fourth-order valence-electron chi connectivity index (χ4n) is 2.90. The zero-order valence-electron chi connectivity index (χ0n) is 14.0. The average molecular weight is 420 g/mol. The summed E-state index contributed by atoms with van der Waals surface area (Å²) in [4.78, 5) is 12.4. The van der Waals surface area contributed by atoms with Gasteiger partial charge in [0.25, 0.3) is 5.56 Å². The Hall–Kier alpha value is -1.92. The monoisotopic (exact) mass is 419 g/mol. The molecule has 0 saturated heterocycles. The lowest BCUT2D eigenvalue weighted by atomic mass is 10.1. The van der Waals surface area contributed by atoms with E-state index >= 15 is 0 Å². The molecule has 2 aromatic carbocycles. The largest absolute Gasteiger partial charge is 0.311 e. The Morgan fingerprint density at radius 3 is 2.48 bits per heavy atom. The first-order valence-electron chi connectivity index (χ1n) is 7.92. The van der Waals surface area contributed by atoms with Crippen molar-refractivity contribution in [1.82, 2.24) is 4.57 Å². The molecule has 130 valence electrons. The Morgan fingerprint density at radius 1 is 1.08 bits per heavy atom. The van der Waals surface area contributed by atoms with Crippen LogP contribution >= 0.6 is 15.9 Å². The summed E-state index contributed by atoms with van der Waals surface area (Å²) in [6.07, 6.45) is 0.832. The van der Waals surface area contributed by atoms with Crippen molar-refractivity contribution in [2.24, 2.45) is 7.05 Å². The van der Waals surface area contributed by atoms with Crippen molar-refractivity contribution in [2.75, 3.05) is 0 Å². The van der Waals surface area contributed by atoms with Crippen LogP contribution in [0, 0.1) is 0 Å². The molecule has 0 fully saturated rings. The van der Waals surface area contributed by atoms with E-state index < -0.39 is 9.84 Å². The second-order valence-corrected chi connectivity index (χ2v) is 8.77. The van der Waals surface area contributed by atoms with E-state index in [0.717, 1.165) is 22.9 Å². The van der Waals surface area contributed by atoms with Crippen molar-refractivity contribution in [1.29, 1.82) is 0 Å². The van der Waals surface area contributed by atoms with Gasteiger partial charge in [-0.25, -0.2) is 8.42 Å². The summed E-state index contributed by atoms with van der Waals surface area (Å²) in [5.74, 6) is -0.215. The third-order valence-electron chi connectivity index (χ3n) is 4.32. The molecule has 3 rings (SSSR count). The van der Waals surface area contributed by atoms with Crippen molar-refractivity contribution in [3.8, 4) is 0 Å². The standard InChI is InChI=1S/C19H18BrNO3S/c1-3-13-8-9-18(16(20)10-13)25(23,24)12-14-11-19(22)21(2)17-7-5-4-6-15(14)17/h4-11H,3,12H2,1-2H3. The van der Waals surface area contributed by atoms with Gasteiger partial charge in [-0.3, -0.25) is 4.79 Å². The lowest BCUT2D eigenvalue weighted by Gasteiger charge is -2.12. The highest BCUT2D eigenvalue weighted by Crippen LogP contribution is 2.28. The fourth-order valence-corrected chi connectivity index (χ4v) is 5.50. The highest BCUT2D eigenvalue weighted by molar-refractivity contribution is 9.10. The number of halogens is 1. The summed E-state index contributed by atoms with van der Waals surface area (Å²) in [7, 11) is -1.90. The van der Waals surface area contributed by atoms with Crippen LogP contribution in [0.1, 0.15) is 18.1 Å². The predicted molar refractivity (Wildman–Crippen MR) is 104 cm³/mol. The lowest BCUT2D eigenvalue weighted by molar-refractivity contribution is 0.595. The number of fused-ring (bicyclic) bond motifs is 1. The van der Waals surface area contributed by atoms with Gasteiger partial charge in [-0.1, -0.05) is 31.2 Å². The van der Waals surface area contributed by atoms with Crippen molar-refractivity contribution >= 4 is 36.7 Å². The summed E-state index contributed by atoms with van der Waals surface area (Å²) >= 11 is 3.37. The molecule has 0 bridgehead atoms. The normalized spacial score (nSPS) is 11.8. The number of aryl methyl sites for hydroxylation is 2. The Labute approximate surface area is 155 Å². The minimum absolute atomic E-state index is 0.215. The predicted octanol–water partition coefficient (Wildman–Crippen LogP) is 3.84. The third-order valence-corrected chi connectivity index (χ3v) is 6.96. The molecule has 0 spiro atoms. The number of rotatable bonds is 4. The quantitative estimate of drug-likeness (QED) is 0.645. The summed E-state index contributed by atoms with van der Waals surface area (Å²) in [5, 5.41) is 0.773. The number of nitrogens with zero attached hydrogens (tertiary/aromatic N) is 1. The molecule has 0 unspecified atom stereocenters. The van der Waals surface area contributed by atoms with E-state index in [1.165, 1.54) is 10.6 Å². The van der Waals surface area contributed by atoms with Gasteiger partial charge in [0.15, 0.2) is 9.84 Å². The first kappa shape index (κ1) is 17.9. The number of para-hydroxylation sites is 1. The Bertz CT molecular complexity index is 1120. The Morgan fingerprint density at radius 2 is 1.80 bits per heavy atom. The fraction of sp³-hybridized carbons (Fsp3) is 0.211. The van der Waals surface area contributed by atoms with Crippen LogP contribution in [0.3, 0.4) is 0 Å². The summed E-state index contributed by atoms with van der Waals surface area (Å²) in [6.45, 7) is 2.02. The van der Waals surface area contributed by atoms with E-state index in [-0.39, 0.29) is 16.2 Å². The summed E-state index contributed by atoms with van der Waals surface area (Å²) < 4.78 is 27.9. The molecular weight excluding hydrogens is 402 g/mol. The third kappa shape index (κ3) is 3.41. The van der Waals surface area contributed by atoms with Crippen molar-refractivity contribution in [3.63, 3.8) is 0 Å². The molecule has 3 aromatic rings. The zero-order chi connectivity index (χ0) is 18.2. The number of sulfone groups is 1. The second kappa shape index (κ2) is 6.77. The molecule has 1 aromatic heterocycles. The van der Waals surface area contributed by atoms with Gasteiger partial charge in [0.05, 0.1) is 16.2 Å². The van der Waals surface area contributed by atoms with Gasteiger partial charge < -0.3 is 4.57 Å². The minimum atomic E-state index is -3.59. The molecule has 6 heteroatoms. The van der Waals surface area contributed by atoms with Crippen molar-refractivity contribution in [3.05, 3.63) is 74.5 Å². The van der Waals surface area contributed by atoms with Gasteiger partial charge in [0.2, 0.25) is 0 Å². The number of hydrogen-bond acceptors (Lipinski definition) is 3. The SMILES string of the molecule is CCc1ccc(S(=O)(=O)Cc2cc(=O)n(C)c3ccccc23)c(Br)c1. The van der Waals surface area contributed by atoms with Crippen LogP contribution in [0.15, 0.2) is 62.7 Å². The number of benzene rings is 2. The zero-order valence-corrected chi connectivity index (χ0v) is 16.4. The number of aromatic nitrogens is 1. The van der Waals surface area contributed by atoms with Crippen LogP contribution in [-0.4, -0.2) is 13.0 Å². The first-order chi connectivity index (χ1) is 11.8. The average Bonchev–Trinajstić information content (AvgIpc) is 2.59. The molecule has 0 saturated carbocycles. The van der Waals surface area contributed by atoms with Crippen LogP contribution in [0.4, 0.5) is 0 Å². The van der Waals surface area contributed by atoms with Gasteiger partial charge in [0.1, 0.15) is 0 Å². The Balaban J connectivity index is 2.12. The molecular formula is C19H18BrNO3S. The summed E-state index contributed by atoms with van der Waals surface area (Å²) in [6, 6.07) is 14.0. The minimum Gasteiger partial charge on any atom is -0.311 e. The van der Waals surface area contributed by atoms with E-state index in [4.69, 9.17) is 0 Å². The van der Waals surface area contributed by atoms with Crippen LogP contribution in [-0.2, 0) is 29.1 Å². The topological polar surface area (TPSA) is 56.1 Å². The van der Waals surface area contributed by atoms with E-state index in [2.05, 4.69) is 15.9 Å². The van der Waals surface area contributed by atoms with E-state index in [0.29, 0.717) is 10.0 Å². The number of hydrogen-bond donors (Lipinski definition) is 0. The molecule has 0 amide bonds. The van der Waals surface area contributed by atoms with E-state index in [9.17, 15) is 13.2 Å². The molecule has 0 radical (unpaired) electrons. The summed E-state index contributed by atoms with van der Waals surface area (Å²) in [5.41, 5.74) is 2.08. The van der Waals surface area contributed by atoms with Crippen molar-refractivity contribution < 1.29 is 8.42 Å². The van der Waals surface area contributed by atoms with E-state index in [1.54, 1.807) is 13.1 Å². The molecule has 0 atom stereocenters. The molecule has 0 aliphatic carbocycles. The smallest absolute Gasteiger partial charge is 0.251 e.